The number of hydrogen-bond donors (Lipinski definition) is 3. The van der Waals surface area contributed by atoms with E-state index >= 15 is 0 Å². The summed E-state index contributed by atoms with van der Waals surface area (Å²) in [7, 11) is -1.76. The second kappa shape index (κ2) is 10.4. The molecule has 4 aliphatic rings. The molecule has 2 aromatic rings. The molecule has 3 aliphatic carbocycles. The summed E-state index contributed by atoms with van der Waals surface area (Å²) in [5, 5.41) is 28.3. The Labute approximate surface area is 236 Å². The van der Waals surface area contributed by atoms with Gasteiger partial charge in [-0.1, -0.05) is 35.9 Å². The van der Waals surface area contributed by atoms with Crippen LogP contribution in [0.4, 0.5) is 5.69 Å². The molecule has 0 unspecified atom stereocenters. The van der Waals surface area contributed by atoms with Gasteiger partial charge in [-0.15, -0.1) is 0 Å². The molecule has 1 heterocycles. The number of rotatable bonds is 6. The van der Waals surface area contributed by atoms with Crippen LogP contribution in [0.5, 0.6) is 5.75 Å². The fraction of sp³-hybridized carbons (Fsp3) is 0.290. The zero-order chi connectivity index (χ0) is 29.0. The van der Waals surface area contributed by atoms with Gasteiger partial charge in [0.05, 0.1) is 24.1 Å². The third-order valence-corrected chi connectivity index (χ3v) is 8.56. The maximum absolute atomic E-state index is 14.0. The van der Waals surface area contributed by atoms with Crippen LogP contribution in [0.25, 0.3) is 0 Å². The van der Waals surface area contributed by atoms with Crippen LogP contribution in [0, 0.1) is 17.8 Å². The lowest BCUT2D eigenvalue weighted by Gasteiger charge is -2.42. The number of anilines is 1. The van der Waals surface area contributed by atoms with Gasteiger partial charge in [0.25, 0.3) is 0 Å². The Kier molecular flexibility index (Phi) is 6.85. The lowest BCUT2D eigenvalue weighted by Crippen LogP contribution is -2.40. The summed E-state index contributed by atoms with van der Waals surface area (Å²) in [4.78, 5) is 55.5. The molecule has 1 fully saturated rings. The zero-order valence-electron chi connectivity index (χ0n) is 22.3. The minimum absolute atomic E-state index is 0.130. The van der Waals surface area contributed by atoms with Crippen molar-refractivity contribution in [2.45, 2.75) is 25.7 Å². The van der Waals surface area contributed by atoms with E-state index in [9.17, 15) is 29.2 Å². The zero-order valence-corrected chi connectivity index (χ0v) is 22.3. The van der Waals surface area contributed by atoms with Crippen molar-refractivity contribution in [2.24, 2.45) is 17.8 Å². The molecule has 2 amide bonds. The van der Waals surface area contributed by atoms with Crippen molar-refractivity contribution >= 4 is 41.6 Å². The SMILES string of the molecule is CC1=CC(=O)C2=C(C[C@@H]3C(=CC[C@@H]4C(=O)N(c5cccc(B(O)O)c5)C(=O)[C@@H]43)[C@@H]2c2ccc(OCCO)cc2)C1=O. The van der Waals surface area contributed by atoms with E-state index in [-0.39, 0.29) is 48.3 Å². The Morgan fingerprint density at radius 2 is 1.76 bits per heavy atom. The highest BCUT2D eigenvalue weighted by molar-refractivity contribution is 6.58. The van der Waals surface area contributed by atoms with Gasteiger partial charge in [-0.2, -0.15) is 0 Å². The minimum Gasteiger partial charge on any atom is -0.491 e. The number of hydrogen-bond acceptors (Lipinski definition) is 8. The minimum atomic E-state index is -1.76. The monoisotopic (exact) mass is 553 g/mol. The summed E-state index contributed by atoms with van der Waals surface area (Å²) in [6.45, 7) is 1.61. The molecule has 1 aliphatic heterocycles. The third kappa shape index (κ3) is 4.39. The van der Waals surface area contributed by atoms with Crippen LogP contribution in [0.1, 0.15) is 31.2 Å². The van der Waals surface area contributed by atoms with Crippen molar-refractivity contribution in [1.29, 1.82) is 0 Å². The summed E-state index contributed by atoms with van der Waals surface area (Å²) >= 11 is 0. The molecule has 3 N–H and O–H groups in total. The summed E-state index contributed by atoms with van der Waals surface area (Å²) in [6.07, 6.45) is 3.79. The van der Waals surface area contributed by atoms with Crippen LogP contribution in [0.2, 0.25) is 0 Å². The van der Waals surface area contributed by atoms with Crippen molar-refractivity contribution in [3.05, 3.63) is 88.5 Å². The fourth-order valence-electron chi connectivity index (χ4n) is 6.76. The normalized spacial score (nSPS) is 25.4. The first kappa shape index (κ1) is 27.1. The lowest BCUT2D eigenvalue weighted by molar-refractivity contribution is -0.123. The summed E-state index contributed by atoms with van der Waals surface area (Å²) in [5.41, 5.74) is 3.15. The number of amides is 2. The van der Waals surface area contributed by atoms with Crippen molar-refractivity contribution in [2.75, 3.05) is 18.1 Å². The second-order valence-corrected chi connectivity index (χ2v) is 10.9. The molecular formula is C31H28BNO8. The number of nitrogens with zero attached hydrogens (tertiary/aromatic N) is 1. The van der Waals surface area contributed by atoms with Gasteiger partial charge < -0.3 is 19.9 Å². The van der Waals surface area contributed by atoms with Gasteiger partial charge in [-0.05, 0) is 67.1 Å². The molecular weight excluding hydrogens is 525 g/mol. The van der Waals surface area contributed by atoms with Gasteiger partial charge in [-0.3, -0.25) is 24.1 Å². The summed E-state index contributed by atoms with van der Waals surface area (Å²) in [6, 6.07) is 13.2. The van der Waals surface area contributed by atoms with Crippen LogP contribution < -0.4 is 15.1 Å². The average Bonchev–Trinajstić information content (AvgIpc) is 3.23. The van der Waals surface area contributed by atoms with Gasteiger partial charge in [0.2, 0.25) is 11.8 Å². The Morgan fingerprint density at radius 3 is 2.46 bits per heavy atom. The van der Waals surface area contributed by atoms with Crippen LogP contribution in [0.3, 0.4) is 0 Å². The molecule has 0 radical (unpaired) electrons. The highest BCUT2D eigenvalue weighted by atomic mass is 16.5. The number of aliphatic hydroxyl groups excluding tert-OH is 1. The third-order valence-electron chi connectivity index (χ3n) is 8.56. The van der Waals surface area contributed by atoms with E-state index in [4.69, 9.17) is 9.84 Å². The van der Waals surface area contributed by atoms with Crippen molar-refractivity contribution < 1.29 is 39.1 Å². The molecule has 0 bridgehead atoms. The van der Waals surface area contributed by atoms with E-state index in [1.54, 1.807) is 31.2 Å². The van der Waals surface area contributed by atoms with Crippen LogP contribution in [-0.2, 0) is 19.2 Å². The average molecular weight is 553 g/mol. The maximum atomic E-state index is 14.0. The highest BCUT2D eigenvalue weighted by Gasteiger charge is 2.56. The van der Waals surface area contributed by atoms with Gasteiger partial charge in [0.1, 0.15) is 12.4 Å². The molecule has 41 heavy (non-hydrogen) atoms. The number of ether oxygens (including phenoxy) is 1. The molecule has 0 saturated carbocycles. The van der Waals surface area contributed by atoms with E-state index in [2.05, 4.69) is 0 Å². The molecule has 1 saturated heterocycles. The number of carbonyl (C=O) groups excluding carboxylic acids is 4. The number of carbonyl (C=O) groups is 4. The second-order valence-electron chi connectivity index (χ2n) is 10.9. The summed E-state index contributed by atoms with van der Waals surface area (Å²) < 4.78 is 5.50. The number of ketones is 2. The highest BCUT2D eigenvalue weighted by Crippen LogP contribution is 2.55. The van der Waals surface area contributed by atoms with E-state index < -0.39 is 36.7 Å². The molecule has 0 spiro atoms. The largest absolute Gasteiger partial charge is 0.491 e. The van der Waals surface area contributed by atoms with E-state index in [0.717, 1.165) is 16.0 Å². The predicted octanol–water partition coefficient (Wildman–Crippen LogP) is 1.37. The standard InChI is InChI=1S/C31H28BNO8/c1-16-13-25(35)28-24(29(16)36)15-23-21(26(28)17-5-7-20(8-6-17)41-12-11-34)9-10-22-27(23)31(38)33(30(22)37)19-4-2-3-18(14-19)32(39)40/h2-9,13-14,22-23,26-27,34,39-40H,10-12,15H2,1H3/t22-,23+,26-,27-/m0/s1. The van der Waals surface area contributed by atoms with Crippen molar-refractivity contribution in [3.8, 4) is 5.75 Å². The van der Waals surface area contributed by atoms with Crippen molar-refractivity contribution in [1.82, 2.24) is 0 Å². The molecule has 6 rings (SSSR count). The number of imide groups is 1. The predicted molar refractivity (Wildman–Crippen MR) is 149 cm³/mol. The number of allylic oxidation sites excluding steroid dienone is 6. The first-order valence-corrected chi connectivity index (χ1v) is 13.6. The Hall–Kier alpha value is -4.12. The smallest absolute Gasteiger partial charge is 0.488 e. The molecule has 208 valence electrons. The lowest BCUT2D eigenvalue weighted by atomic mass is 9.59. The van der Waals surface area contributed by atoms with Gasteiger partial charge in [0, 0.05) is 22.6 Å². The maximum Gasteiger partial charge on any atom is 0.488 e. The first-order chi connectivity index (χ1) is 19.7. The number of Topliss-reactive ketones (excluding diaryl/α,β-unsaturated/α-hetero) is 1. The molecule has 9 nitrogen and oxygen atoms in total. The molecule has 10 heteroatoms. The molecule has 4 atom stereocenters. The van der Waals surface area contributed by atoms with Crippen LogP contribution in [-0.4, -0.2) is 58.9 Å². The number of aliphatic hydroxyl groups is 1. The first-order valence-electron chi connectivity index (χ1n) is 13.6. The quantitative estimate of drug-likeness (QED) is 0.211. The van der Waals surface area contributed by atoms with Gasteiger partial charge in [-0.25, -0.2) is 0 Å². The van der Waals surface area contributed by atoms with Crippen molar-refractivity contribution in [3.63, 3.8) is 0 Å². The van der Waals surface area contributed by atoms with Gasteiger partial charge in [0.15, 0.2) is 11.6 Å². The van der Waals surface area contributed by atoms with E-state index in [1.165, 1.54) is 18.2 Å². The van der Waals surface area contributed by atoms with Crippen LogP contribution >= 0.6 is 0 Å². The number of fused-ring (bicyclic) bond motifs is 3. The van der Waals surface area contributed by atoms with Gasteiger partial charge >= 0.3 is 7.12 Å². The number of benzene rings is 2. The molecule has 2 aromatic carbocycles. The fourth-order valence-corrected chi connectivity index (χ4v) is 6.76. The Balaban J connectivity index is 1.42. The topological polar surface area (TPSA) is 141 Å². The molecule has 0 aromatic heterocycles. The van der Waals surface area contributed by atoms with E-state index in [1.807, 2.05) is 18.2 Å². The Morgan fingerprint density at radius 1 is 1.00 bits per heavy atom. The van der Waals surface area contributed by atoms with E-state index in [0.29, 0.717) is 28.9 Å². The Bertz CT molecular complexity index is 1570. The van der Waals surface area contributed by atoms with Crippen LogP contribution in [0.15, 0.2) is 83.0 Å². The summed E-state index contributed by atoms with van der Waals surface area (Å²) in [5.74, 6) is -3.11.